The number of nitrogens with one attached hydrogen (secondary N) is 2. The summed E-state index contributed by atoms with van der Waals surface area (Å²) in [5, 5.41) is 10.2. The normalized spacial score (nSPS) is 10.9. The number of nitrogen functional groups attached to an aromatic ring is 1. The summed E-state index contributed by atoms with van der Waals surface area (Å²) in [5.41, 5.74) is 9.75. The van der Waals surface area contributed by atoms with Gasteiger partial charge in [0.05, 0.1) is 11.5 Å². The highest BCUT2D eigenvalue weighted by atomic mass is 16.5. The SMILES string of the molecule is CC(C)Oc1cccc(NC(=O)Nc2ccc(-c3cccc4onc(N)c34)cc2)c1. The second kappa shape index (κ2) is 8.16. The van der Waals surface area contributed by atoms with E-state index in [9.17, 15) is 4.79 Å². The molecule has 1 heterocycles. The molecule has 0 spiro atoms. The molecule has 0 radical (unpaired) electrons. The topological polar surface area (TPSA) is 102 Å². The quantitative estimate of drug-likeness (QED) is 0.408. The monoisotopic (exact) mass is 402 g/mol. The molecule has 0 saturated heterocycles. The van der Waals surface area contributed by atoms with E-state index < -0.39 is 0 Å². The van der Waals surface area contributed by atoms with Gasteiger partial charge in [-0.15, -0.1) is 0 Å². The maximum atomic E-state index is 12.4. The standard InChI is InChI=1S/C23H22N4O3/c1-14(2)29-18-6-3-5-17(13-18)26-23(28)25-16-11-9-15(10-12-16)19-7-4-8-20-21(19)22(24)27-30-20/h3-14H,1-2H3,(H2,24,27)(H2,25,26,28). The molecular weight excluding hydrogens is 380 g/mol. The second-order valence-electron chi connectivity index (χ2n) is 7.10. The second-order valence-corrected chi connectivity index (χ2v) is 7.10. The smallest absolute Gasteiger partial charge is 0.323 e. The average molecular weight is 402 g/mol. The molecule has 0 unspecified atom stereocenters. The number of rotatable bonds is 5. The van der Waals surface area contributed by atoms with Gasteiger partial charge in [0.2, 0.25) is 0 Å². The average Bonchev–Trinajstić information content (AvgIpc) is 3.09. The van der Waals surface area contributed by atoms with Crippen LogP contribution >= 0.6 is 0 Å². The first-order valence-electron chi connectivity index (χ1n) is 9.58. The lowest BCUT2D eigenvalue weighted by atomic mass is 10.0. The van der Waals surface area contributed by atoms with Crippen molar-refractivity contribution >= 4 is 34.2 Å². The number of aromatic nitrogens is 1. The maximum absolute atomic E-state index is 12.4. The van der Waals surface area contributed by atoms with Crippen molar-refractivity contribution < 1.29 is 14.1 Å². The molecule has 7 nitrogen and oxygen atoms in total. The van der Waals surface area contributed by atoms with Crippen LogP contribution in [0.1, 0.15) is 13.8 Å². The Morgan fingerprint density at radius 1 is 1.00 bits per heavy atom. The first kappa shape index (κ1) is 19.3. The highest BCUT2D eigenvalue weighted by Crippen LogP contribution is 2.33. The van der Waals surface area contributed by atoms with Crippen molar-refractivity contribution in [2.24, 2.45) is 0 Å². The van der Waals surface area contributed by atoms with Crippen molar-refractivity contribution in [3.05, 3.63) is 66.7 Å². The molecule has 30 heavy (non-hydrogen) atoms. The predicted molar refractivity (Wildman–Crippen MR) is 119 cm³/mol. The van der Waals surface area contributed by atoms with Gasteiger partial charge in [-0.3, -0.25) is 0 Å². The van der Waals surface area contributed by atoms with Gasteiger partial charge in [-0.25, -0.2) is 4.79 Å². The van der Waals surface area contributed by atoms with Crippen LogP contribution in [0.2, 0.25) is 0 Å². The molecule has 4 rings (SSSR count). The molecule has 0 aliphatic heterocycles. The zero-order valence-corrected chi connectivity index (χ0v) is 16.7. The van der Waals surface area contributed by atoms with E-state index in [-0.39, 0.29) is 12.1 Å². The number of fused-ring (bicyclic) bond motifs is 1. The summed E-state index contributed by atoms with van der Waals surface area (Å²) in [6.07, 6.45) is 0.0617. The lowest BCUT2D eigenvalue weighted by Gasteiger charge is -2.12. The first-order chi connectivity index (χ1) is 14.5. The third-order valence-electron chi connectivity index (χ3n) is 4.44. The molecule has 2 amide bonds. The van der Waals surface area contributed by atoms with E-state index in [0.29, 0.717) is 28.5 Å². The van der Waals surface area contributed by atoms with Crippen LogP contribution in [0.25, 0.3) is 22.1 Å². The fraction of sp³-hybridized carbons (Fsp3) is 0.130. The van der Waals surface area contributed by atoms with Crippen LogP contribution in [0.5, 0.6) is 5.75 Å². The summed E-state index contributed by atoms with van der Waals surface area (Å²) < 4.78 is 10.9. The molecule has 4 N–H and O–H groups in total. The number of nitrogens with two attached hydrogens (primary N) is 1. The van der Waals surface area contributed by atoms with Crippen molar-refractivity contribution in [1.82, 2.24) is 5.16 Å². The molecule has 152 valence electrons. The number of urea groups is 1. The van der Waals surface area contributed by atoms with Gasteiger partial charge >= 0.3 is 6.03 Å². The van der Waals surface area contributed by atoms with E-state index in [4.69, 9.17) is 15.0 Å². The van der Waals surface area contributed by atoms with Crippen LogP contribution in [-0.4, -0.2) is 17.3 Å². The third kappa shape index (κ3) is 4.20. The summed E-state index contributed by atoms with van der Waals surface area (Å²) in [4.78, 5) is 12.4. The van der Waals surface area contributed by atoms with Gasteiger partial charge in [0.1, 0.15) is 5.75 Å². The predicted octanol–water partition coefficient (Wildman–Crippen LogP) is 5.51. The van der Waals surface area contributed by atoms with Gasteiger partial charge in [0.25, 0.3) is 0 Å². The molecule has 0 aliphatic rings. The number of nitrogens with zero attached hydrogens (tertiary/aromatic N) is 1. The Hall–Kier alpha value is -4.00. The molecule has 0 saturated carbocycles. The Morgan fingerprint density at radius 3 is 2.50 bits per heavy atom. The third-order valence-corrected chi connectivity index (χ3v) is 4.44. The van der Waals surface area contributed by atoms with Crippen molar-refractivity contribution in [2.75, 3.05) is 16.4 Å². The van der Waals surface area contributed by atoms with Crippen molar-refractivity contribution in [3.8, 4) is 16.9 Å². The van der Waals surface area contributed by atoms with Crippen molar-refractivity contribution in [2.45, 2.75) is 20.0 Å². The van der Waals surface area contributed by atoms with Crippen LogP contribution in [0.4, 0.5) is 22.0 Å². The Bertz CT molecular complexity index is 1180. The van der Waals surface area contributed by atoms with E-state index in [0.717, 1.165) is 16.5 Å². The van der Waals surface area contributed by atoms with Crippen LogP contribution < -0.4 is 21.1 Å². The van der Waals surface area contributed by atoms with Crippen LogP contribution in [0.3, 0.4) is 0 Å². The summed E-state index contributed by atoms with van der Waals surface area (Å²) >= 11 is 0. The summed E-state index contributed by atoms with van der Waals surface area (Å²) in [7, 11) is 0. The Morgan fingerprint density at radius 2 is 1.73 bits per heavy atom. The number of amides is 2. The number of hydrogen-bond donors (Lipinski definition) is 3. The molecule has 0 bridgehead atoms. The number of benzene rings is 3. The molecule has 4 aromatic rings. The summed E-state index contributed by atoms with van der Waals surface area (Å²) in [6.45, 7) is 3.91. The fourth-order valence-corrected chi connectivity index (χ4v) is 3.20. The van der Waals surface area contributed by atoms with Crippen LogP contribution in [0, 0.1) is 0 Å². The van der Waals surface area contributed by atoms with E-state index in [1.165, 1.54) is 0 Å². The van der Waals surface area contributed by atoms with Crippen LogP contribution in [-0.2, 0) is 0 Å². The van der Waals surface area contributed by atoms with Gasteiger partial charge in [-0.1, -0.05) is 35.5 Å². The maximum Gasteiger partial charge on any atom is 0.323 e. The van der Waals surface area contributed by atoms with E-state index >= 15 is 0 Å². The van der Waals surface area contributed by atoms with Gasteiger partial charge < -0.3 is 25.6 Å². The van der Waals surface area contributed by atoms with Crippen molar-refractivity contribution in [1.29, 1.82) is 0 Å². The largest absolute Gasteiger partial charge is 0.491 e. The first-order valence-corrected chi connectivity index (χ1v) is 9.58. The summed E-state index contributed by atoms with van der Waals surface area (Å²) in [5.74, 6) is 1.06. The van der Waals surface area contributed by atoms with Crippen molar-refractivity contribution in [3.63, 3.8) is 0 Å². The fourth-order valence-electron chi connectivity index (χ4n) is 3.20. The highest BCUT2D eigenvalue weighted by Gasteiger charge is 2.12. The van der Waals surface area contributed by atoms with Gasteiger partial charge in [-0.2, -0.15) is 0 Å². The van der Waals surface area contributed by atoms with Gasteiger partial charge in [0, 0.05) is 17.4 Å². The lowest BCUT2D eigenvalue weighted by molar-refractivity contribution is 0.242. The molecule has 0 atom stereocenters. The Labute approximate surface area is 173 Å². The van der Waals surface area contributed by atoms with E-state index in [1.54, 1.807) is 12.1 Å². The molecule has 1 aromatic heterocycles. The Balaban J connectivity index is 1.46. The number of ether oxygens (including phenoxy) is 1. The zero-order chi connectivity index (χ0) is 21.1. The minimum atomic E-state index is -0.338. The van der Waals surface area contributed by atoms with E-state index in [1.807, 2.05) is 68.4 Å². The minimum absolute atomic E-state index is 0.0617. The highest BCUT2D eigenvalue weighted by molar-refractivity contribution is 6.02. The number of carbonyl (C=O) groups excluding carboxylic acids is 1. The Kier molecular flexibility index (Phi) is 5.26. The van der Waals surface area contributed by atoms with Gasteiger partial charge in [0.15, 0.2) is 11.4 Å². The van der Waals surface area contributed by atoms with E-state index in [2.05, 4.69) is 15.8 Å². The molecule has 0 fully saturated rings. The number of anilines is 3. The molecule has 0 aliphatic carbocycles. The van der Waals surface area contributed by atoms with Crippen LogP contribution in [0.15, 0.2) is 71.3 Å². The number of hydrogen-bond acceptors (Lipinski definition) is 5. The minimum Gasteiger partial charge on any atom is -0.491 e. The lowest BCUT2D eigenvalue weighted by Crippen LogP contribution is -2.19. The molecular formula is C23H22N4O3. The zero-order valence-electron chi connectivity index (χ0n) is 16.7. The summed E-state index contributed by atoms with van der Waals surface area (Å²) in [6, 6.07) is 20.1. The number of carbonyl (C=O) groups is 1. The molecule has 7 heteroatoms. The molecule has 3 aromatic carbocycles. The van der Waals surface area contributed by atoms with Gasteiger partial charge in [-0.05, 0) is 55.3 Å².